The van der Waals surface area contributed by atoms with E-state index in [0.717, 1.165) is 18.5 Å². The van der Waals surface area contributed by atoms with Crippen LogP contribution in [-0.2, 0) is 17.9 Å². The Bertz CT molecular complexity index is 917. The zero-order valence-electron chi connectivity index (χ0n) is 18.4. The standard InChI is InChI=1S/C22H30N6O2/c1-2-3-12-30-22-25-20(23)19-21(26-22)28(15-18(29)24-19)14-17-8-6-16(7-9-17)13-27-10-4-5-11-27/h6-9H,2-5,10-15H2,1H3,(H,24,29)(H2,23,25,26)/i12D. The van der Waals surface area contributed by atoms with Gasteiger partial charge in [0.2, 0.25) is 5.91 Å². The van der Waals surface area contributed by atoms with Gasteiger partial charge in [-0.1, -0.05) is 37.6 Å². The van der Waals surface area contributed by atoms with E-state index in [9.17, 15) is 4.79 Å². The van der Waals surface area contributed by atoms with Gasteiger partial charge in [0.05, 0.1) is 14.5 Å². The van der Waals surface area contributed by atoms with Crippen LogP contribution in [0.4, 0.5) is 17.3 Å². The number of nitrogens with one attached hydrogen (secondary N) is 1. The Morgan fingerprint density at radius 3 is 2.57 bits per heavy atom. The maximum absolute atomic E-state index is 12.2. The lowest BCUT2D eigenvalue weighted by molar-refractivity contribution is -0.115. The van der Waals surface area contributed by atoms with E-state index in [2.05, 4.69) is 44.5 Å². The molecule has 1 amide bonds. The molecule has 1 aromatic carbocycles. The van der Waals surface area contributed by atoms with Gasteiger partial charge < -0.3 is 20.7 Å². The third-order valence-electron chi connectivity index (χ3n) is 5.39. The number of nitrogen functional groups attached to an aromatic ring is 1. The molecule has 0 radical (unpaired) electrons. The molecule has 8 heteroatoms. The number of likely N-dealkylation sites (tertiary alicyclic amines) is 1. The summed E-state index contributed by atoms with van der Waals surface area (Å²) in [6.07, 6.45) is 3.96. The average molecular weight is 412 g/mol. The maximum Gasteiger partial charge on any atom is 0.320 e. The molecule has 0 aliphatic carbocycles. The van der Waals surface area contributed by atoms with Crippen molar-refractivity contribution in [2.24, 2.45) is 0 Å². The number of anilines is 3. The molecule has 0 bridgehead atoms. The van der Waals surface area contributed by atoms with Crippen molar-refractivity contribution in [1.29, 1.82) is 0 Å². The number of carbonyl (C=O) groups excluding carboxylic acids is 1. The van der Waals surface area contributed by atoms with Gasteiger partial charge in [0.25, 0.3) is 0 Å². The maximum atomic E-state index is 12.2. The van der Waals surface area contributed by atoms with Gasteiger partial charge in [0.1, 0.15) is 5.69 Å². The Balaban J connectivity index is 1.51. The average Bonchev–Trinajstić information content (AvgIpc) is 3.23. The Morgan fingerprint density at radius 2 is 1.87 bits per heavy atom. The van der Waals surface area contributed by atoms with Crippen molar-refractivity contribution in [2.45, 2.75) is 45.7 Å². The Morgan fingerprint density at radius 1 is 1.17 bits per heavy atom. The number of fused-ring (bicyclic) bond motifs is 1. The first-order valence-electron chi connectivity index (χ1n) is 11.2. The van der Waals surface area contributed by atoms with E-state index < -0.39 is 6.58 Å². The molecule has 4 rings (SSSR count). The van der Waals surface area contributed by atoms with Crippen LogP contribution in [0, 0.1) is 0 Å². The van der Waals surface area contributed by atoms with Gasteiger partial charge in [-0.05, 0) is 43.5 Å². The van der Waals surface area contributed by atoms with Gasteiger partial charge >= 0.3 is 6.01 Å². The summed E-state index contributed by atoms with van der Waals surface area (Å²) in [6, 6.07) is 8.56. The summed E-state index contributed by atoms with van der Waals surface area (Å²) in [4.78, 5) is 25.2. The Kier molecular flexibility index (Phi) is 5.92. The van der Waals surface area contributed by atoms with Crippen LogP contribution < -0.4 is 20.7 Å². The van der Waals surface area contributed by atoms with Crippen molar-refractivity contribution in [2.75, 3.05) is 42.2 Å². The molecule has 2 aliphatic heterocycles. The lowest BCUT2D eigenvalue weighted by Gasteiger charge is -2.30. The Hall–Kier alpha value is -2.87. The van der Waals surface area contributed by atoms with Gasteiger partial charge in [-0.3, -0.25) is 9.69 Å². The van der Waals surface area contributed by atoms with Crippen molar-refractivity contribution in [3.05, 3.63) is 35.4 Å². The number of carbonyl (C=O) groups is 1. The molecule has 8 nitrogen and oxygen atoms in total. The first-order chi connectivity index (χ1) is 15.0. The smallest absolute Gasteiger partial charge is 0.320 e. The highest BCUT2D eigenvalue weighted by atomic mass is 16.5. The first-order valence-corrected chi connectivity index (χ1v) is 10.6. The van der Waals surface area contributed by atoms with E-state index in [1.54, 1.807) is 0 Å². The van der Waals surface area contributed by atoms with Crippen LogP contribution in [0.1, 0.15) is 45.1 Å². The van der Waals surface area contributed by atoms with Gasteiger partial charge in [-0.15, -0.1) is 0 Å². The predicted octanol–water partition coefficient (Wildman–Crippen LogP) is 2.79. The number of nitrogens with two attached hydrogens (primary N) is 1. The van der Waals surface area contributed by atoms with Crippen LogP contribution in [0.25, 0.3) is 0 Å². The molecule has 30 heavy (non-hydrogen) atoms. The fraction of sp³-hybridized carbons (Fsp3) is 0.500. The van der Waals surface area contributed by atoms with E-state index >= 15 is 0 Å². The lowest BCUT2D eigenvalue weighted by atomic mass is 10.1. The highest BCUT2D eigenvalue weighted by Crippen LogP contribution is 2.34. The van der Waals surface area contributed by atoms with Crippen LogP contribution in [0.2, 0.25) is 0 Å². The molecule has 3 N–H and O–H groups in total. The SMILES string of the molecule is [2H]C(CCC)Oc1nc(N)c2c(n1)N(Cc1ccc(CN3CCCC3)cc1)CC(=O)N2. The number of benzene rings is 1. The topological polar surface area (TPSA) is 96.6 Å². The predicted molar refractivity (Wildman–Crippen MR) is 117 cm³/mol. The fourth-order valence-electron chi connectivity index (χ4n) is 3.83. The summed E-state index contributed by atoms with van der Waals surface area (Å²) in [6.45, 7) is 5.23. The van der Waals surface area contributed by atoms with E-state index in [1.165, 1.54) is 31.5 Å². The molecule has 1 unspecified atom stereocenters. The van der Waals surface area contributed by atoms with Gasteiger partial charge in [0, 0.05) is 13.1 Å². The van der Waals surface area contributed by atoms with E-state index in [1.807, 2.05) is 11.8 Å². The highest BCUT2D eigenvalue weighted by Gasteiger charge is 2.27. The third-order valence-corrected chi connectivity index (χ3v) is 5.39. The number of hydrogen-bond acceptors (Lipinski definition) is 7. The summed E-state index contributed by atoms with van der Waals surface area (Å²) in [5.41, 5.74) is 8.84. The fourth-order valence-corrected chi connectivity index (χ4v) is 3.83. The van der Waals surface area contributed by atoms with Crippen LogP contribution in [0.5, 0.6) is 6.01 Å². The van der Waals surface area contributed by atoms with E-state index in [4.69, 9.17) is 11.8 Å². The molecule has 160 valence electrons. The molecule has 1 atom stereocenters. The Labute approximate surface area is 178 Å². The quantitative estimate of drug-likeness (QED) is 0.689. The second-order valence-corrected chi connectivity index (χ2v) is 7.87. The monoisotopic (exact) mass is 411 g/mol. The number of rotatable bonds is 8. The van der Waals surface area contributed by atoms with Crippen molar-refractivity contribution >= 4 is 23.2 Å². The molecule has 1 aromatic heterocycles. The second kappa shape index (κ2) is 9.30. The number of aromatic nitrogens is 2. The molecular formula is C22H30N6O2. The molecule has 0 spiro atoms. The third kappa shape index (κ3) is 4.81. The largest absolute Gasteiger partial charge is 0.463 e. The first kappa shape index (κ1) is 19.1. The number of nitrogens with zero attached hydrogens (tertiary/aromatic N) is 4. The minimum absolute atomic E-state index is 0.0619. The summed E-state index contributed by atoms with van der Waals surface area (Å²) >= 11 is 0. The zero-order valence-corrected chi connectivity index (χ0v) is 17.4. The lowest BCUT2D eigenvalue weighted by Crippen LogP contribution is -2.39. The van der Waals surface area contributed by atoms with Crippen molar-refractivity contribution in [3.8, 4) is 6.01 Å². The van der Waals surface area contributed by atoms with Gasteiger partial charge in [0.15, 0.2) is 11.6 Å². The normalized spacial score (nSPS) is 18.0. The van der Waals surface area contributed by atoms with E-state index in [0.29, 0.717) is 24.5 Å². The number of amides is 1. The highest BCUT2D eigenvalue weighted by molar-refractivity contribution is 6.03. The summed E-state index contributed by atoms with van der Waals surface area (Å²) in [5, 5.41) is 2.76. The second-order valence-electron chi connectivity index (χ2n) is 7.87. The molecule has 1 fully saturated rings. The summed E-state index contributed by atoms with van der Waals surface area (Å²) in [7, 11) is 0. The van der Waals surface area contributed by atoms with E-state index in [-0.39, 0.29) is 24.3 Å². The zero-order chi connectivity index (χ0) is 21.8. The van der Waals surface area contributed by atoms with Gasteiger partial charge in [-0.2, -0.15) is 9.97 Å². The minimum atomic E-state index is -0.753. The molecule has 2 aromatic rings. The minimum Gasteiger partial charge on any atom is -0.463 e. The van der Waals surface area contributed by atoms with Crippen molar-refractivity contribution in [1.82, 2.24) is 14.9 Å². The van der Waals surface area contributed by atoms with Crippen molar-refractivity contribution in [3.63, 3.8) is 0 Å². The molecule has 3 heterocycles. The number of ether oxygens (including phenoxy) is 1. The van der Waals surface area contributed by atoms with Crippen LogP contribution in [0.15, 0.2) is 24.3 Å². The van der Waals surface area contributed by atoms with Gasteiger partial charge in [-0.25, -0.2) is 0 Å². The van der Waals surface area contributed by atoms with Crippen LogP contribution in [-0.4, -0.2) is 47.0 Å². The molecule has 0 saturated carbocycles. The van der Waals surface area contributed by atoms with Crippen LogP contribution in [0.3, 0.4) is 0 Å². The van der Waals surface area contributed by atoms with Crippen LogP contribution >= 0.6 is 0 Å². The molecule has 1 saturated heterocycles. The molecular weight excluding hydrogens is 380 g/mol. The summed E-state index contributed by atoms with van der Waals surface area (Å²) < 4.78 is 13.5. The number of hydrogen-bond donors (Lipinski definition) is 2. The van der Waals surface area contributed by atoms with Crippen molar-refractivity contribution < 1.29 is 10.9 Å². The summed E-state index contributed by atoms with van der Waals surface area (Å²) in [5.74, 6) is 0.501. The molecule has 2 aliphatic rings.